The highest BCUT2D eigenvalue weighted by atomic mass is 16.5. The monoisotopic (exact) mass is 391 g/mol. The summed E-state index contributed by atoms with van der Waals surface area (Å²) in [7, 11) is 5.70. The molecule has 0 bridgehead atoms. The Kier molecular flexibility index (Phi) is 6.76. The van der Waals surface area contributed by atoms with Crippen molar-refractivity contribution in [2.24, 2.45) is 0 Å². The second-order valence-corrected chi connectivity index (χ2v) is 6.76. The average molecular weight is 391 g/mol. The zero-order chi connectivity index (χ0) is 20.6. The molecule has 1 atom stereocenters. The Morgan fingerprint density at radius 2 is 1.83 bits per heavy atom. The number of ether oxygens (including phenoxy) is 1. The van der Waals surface area contributed by atoms with Gasteiger partial charge in [-0.1, -0.05) is 30.3 Å². The van der Waals surface area contributed by atoms with Crippen molar-refractivity contribution >= 4 is 17.4 Å². The summed E-state index contributed by atoms with van der Waals surface area (Å²) in [6, 6.07) is 20.8. The Morgan fingerprint density at radius 1 is 1.03 bits per heavy atom. The second kappa shape index (κ2) is 9.66. The van der Waals surface area contributed by atoms with Gasteiger partial charge in [-0.25, -0.2) is 0 Å². The summed E-state index contributed by atoms with van der Waals surface area (Å²) in [5, 5.41) is 14.3. The molecule has 1 heterocycles. The van der Waals surface area contributed by atoms with Gasteiger partial charge in [0, 0.05) is 12.2 Å². The minimum absolute atomic E-state index is 0.118. The van der Waals surface area contributed by atoms with Crippen LogP contribution >= 0.6 is 0 Å². The predicted octanol–water partition coefficient (Wildman–Crippen LogP) is 3.45. The maximum absolute atomic E-state index is 12.3. The van der Waals surface area contributed by atoms with Crippen LogP contribution in [0.5, 0.6) is 5.75 Å². The molecule has 0 saturated carbocycles. The maximum Gasteiger partial charge on any atom is 0.276 e. The van der Waals surface area contributed by atoms with Crippen LogP contribution in [0, 0.1) is 0 Å². The minimum Gasteiger partial charge on any atom is -0.497 e. The Balaban J connectivity index is 1.63. The number of rotatable bonds is 8. The van der Waals surface area contributed by atoms with Gasteiger partial charge in [-0.05, 0) is 56.1 Å². The maximum atomic E-state index is 12.3. The number of hydrogen-bond acceptors (Lipinski definition) is 6. The number of anilines is 2. The van der Waals surface area contributed by atoms with E-state index in [0.29, 0.717) is 18.1 Å². The summed E-state index contributed by atoms with van der Waals surface area (Å²) in [6.45, 7) is 0.629. The molecular weight excluding hydrogens is 366 g/mol. The third-order valence-corrected chi connectivity index (χ3v) is 4.51. The fourth-order valence-corrected chi connectivity index (χ4v) is 2.91. The highest BCUT2D eigenvalue weighted by Crippen LogP contribution is 2.23. The molecule has 0 spiro atoms. The Hall–Kier alpha value is -3.45. The van der Waals surface area contributed by atoms with Gasteiger partial charge in [0.2, 0.25) is 0 Å². The van der Waals surface area contributed by atoms with Gasteiger partial charge in [-0.3, -0.25) is 4.79 Å². The van der Waals surface area contributed by atoms with E-state index in [-0.39, 0.29) is 17.6 Å². The van der Waals surface area contributed by atoms with Crippen LogP contribution in [0.4, 0.5) is 11.5 Å². The van der Waals surface area contributed by atoms with E-state index < -0.39 is 0 Å². The van der Waals surface area contributed by atoms with Gasteiger partial charge in [0.15, 0.2) is 5.69 Å². The molecule has 0 saturated heterocycles. The predicted molar refractivity (Wildman–Crippen MR) is 114 cm³/mol. The molecule has 0 aliphatic carbocycles. The molecule has 150 valence electrons. The highest BCUT2D eigenvalue weighted by Gasteiger charge is 2.15. The van der Waals surface area contributed by atoms with Gasteiger partial charge >= 0.3 is 0 Å². The average Bonchev–Trinajstić information content (AvgIpc) is 2.75. The standard InChI is InChI=1S/C22H25N5O2/c1-27(2)20(16-8-7-11-18(14-16)29-3)15-23-21-13-12-19(25-26-21)22(28)24-17-9-5-4-6-10-17/h4-14,20H,15H2,1-3H3,(H,23,26)(H,24,28). The van der Waals surface area contributed by atoms with E-state index in [9.17, 15) is 4.79 Å². The van der Waals surface area contributed by atoms with Crippen molar-refractivity contribution in [2.45, 2.75) is 6.04 Å². The summed E-state index contributed by atoms with van der Waals surface area (Å²) >= 11 is 0. The van der Waals surface area contributed by atoms with Crippen LogP contribution in [0.3, 0.4) is 0 Å². The van der Waals surface area contributed by atoms with Crippen LogP contribution in [0.1, 0.15) is 22.1 Å². The van der Waals surface area contributed by atoms with Gasteiger partial charge in [-0.15, -0.1) is 10.2 Å². The van der Waals surface area contributed by atoms with Crippen LogP contribution in [0.15, 0.2) is 66.7 Å². The molecule has 3 rings (SSSR count). The molecule has 29 heavy (non-hydrogen) atoms. The number of para-hydroxylation sites is 1. The second-order valence-electron chi connectivity index (χ2n) is 6.76. The van der Waals surface area contributed by atoms with Gasteiger partial charge in [-0.2, -0.15) is 0 Å². The number of likely N-dealkylation sites (N-methyl/N-ethyl adjacent to an activating group) is 1. The molecule has 7 nitrogen and oxygen atoms in total. The molecule has 0 radical (unpaired) electrons. The van der Waals surface area contributed by atoms with Gasteiger partial charge < -0.3 is 20.3 Å². The molecule has 2 aromatic carbocycles. The van der Waals surface area contributed by atoms with Crippen molar-refractivity contribution in [3.63, 3.8) is 0 Å². The van der Waals surface area contributed by atoms with E-state index in [4.69, 9.17) is 4.74 Å². The number of carbonyl (C=O) groups excluding carboxylic acids is 1. The molecule has 0 aliphatic heterocycles. The molecule has 1 aromatic heterocycles. The fourth-order valence-electron chi connectivity index (χ4n) is 2.91. The first-order chi connectivity index (χ1) is 14.1. The molecule has 3 aromatic rings. The van der Waals surface area contributed by atoms with E-state index in [1.807, 2.05) is 62.6 Å². The van der Waals surface area contributed by atoms with Crippen molar-refractivity contribution < 1.29 is 9.53 Å². The number of methoxy groups -OCH3 is 1. The molecule has 7 heteroatoms. The van der Waals surface area contributed by atoms with Gasteiger partial charge in [0.1, 0.15) is 11.6 Å². The number of aromatic nitrogens is 2. The number of nitrogens with zero attached hydrogens (tertiary/aromatic N) is 3. The zero-order valence-corrected chi connectivity index (χ0v) is 16.8. The first-order valence-corrected chi connectivity index (χ1v) is 9.31. The van der Waals surface area contributed by atoms with Crippen molar-refractivity contribution in [1.82, 2.24) is 15.1 Å². The van der Waals surface area contributed by atoms with Gasteiger partial charge in [0.25, 0.3) is 5.91 Å². The lowest BCUT2D eigenvalue weighted by molar-refractivity contribution is 0.102. The van der Waals surface area contributed by atoms with Crippen LogP contribution in [-0.4, -0.2) is 48.8 Å². The number of amides is 1. The van der Waals surface area contributed by atoms with Crippen LogP contribution in [-0.2, 0) is 0 Å². The SMILES string of the molecule is COc1cccc(C(CNc2ccc(C(=O)Nc3ccccc3)nn2)N(C)C)c1. The largest absolute Gasteiger partial charge is 0.497 e. The summed E-state index contributed by atoms with van der Waals surface area (Å²) in [5.41, 5.74) is 2.11. The fraction of sp³-hybridized carbons (Fsp3) is 0.227. The molecule has 1 unspecified atom stereocenters. The lowest BCUT2D eigenvalue weighted by Crippen LogP contribution is -2.27. The van der Waals surface area contributed by atoms with Crippen molar-refractivity contribution in [2.75, 3.05) is 38.4 Å². The minimum atomic E-state index is -0.294. The molecule has 0 fully saturated rings. The van der Waals surface area contributed by atoms with E-state index in [0.717, 1.165) is 11.3 Å². The molecule has 1 amide bonds. The number of nitrogens with one attached hydrogen (secondary N) is 2. The lowest BCUT2D eigenvalue weighted by atomic mass is 10.1. The van der Waals surface area contributed by atoms with E-state index in [1.54, 1.807) is 19.2 Å². The Labute approximate surface area is 170 Å². The third-order valence-electron chi connectivity index (χ3n) is 4.51. The Bertz CT molecular complexity index is 929. The first-order valence-electron chi connectivity index (χ1n) is 9.31. The number of carbonyl (C=O) groups is 1. The van der Waals surface area contributed by atoms with Crippen molar-refractivity contribution in [3.05, 3.63) is 78.0 Å². The summed E-state index contributed by atoms with van der Waals surface area (Å²) in [4.78, 5) is 14.4. The van der Waals surface area contributed by atoms with Crippen molar-refractivity contribution in [3.8, 4) is 5.75 Å². The number of benzene rings is 2. The molecular formula is C22H25N5O2. The van der Waals surface area contributed by atoms with Crippen LogP contribution in [0.2, 0.25) is 0 Å². The van der Waals surface area contributed by atoms with E-state index >= 15 is 0 Å². The smallest absolute Gasteiger partial charge is 0.276 e. The topological polar surface area (TPSA) is 79.4 Å². The summed E-state index contributed by atoms with van der Waals surface area (Å²) in [5.74, 6) is 1.14. The summed E-state index contributed by atoms with van der Waals surface area (Å²) in [6.07, 6.45) is 0. The molecule has 0 aliphatic rings. The van der Waals surface area contributed by atoms with E-state index in [1.165, 1.54) is 0 Å². The lowest BCUT2D eigenvalue weighted by Gasteiger charge is -2.25. The zero-order valence-electron chi connectivity index (χ0n) is 16.8. The van der Waals surface area contributed by atoms with Crippen LogP contribution < -0.4 is 15.4 Å². The first kappa shape index (κ1) is 20.3. The normalized spacial score (nSPS) is 11.7. The number of hydrogen-bond donors (Lipinski definition) is 2. The van der Waals surface area contributed by atoms with Gasteiger partial charge in [0.05, 0.1) is 13.2 Å². The van der Waals surface area contributed by atoms with E-state index in [2.05, 4.69) is 31.8 Å². The highest BCUT2D eigenvalue weighted by molar-refractivity contribution is 6.02. The third kappa shape index (κ3) is 5.52. The quantitative estimate of drug-likeness (QED) is 0.612. The summed E-state index contributed by atoms with van der Waals surface area (Å²) < 4.78 is 5.33. The Morgan fingerprint density at radius 3 is 2.48 bits per heavy atom. The molecule has 2 N–H and O–H groups in total. The van der Waals surface area contributed by atoms with Crippen LogP contribution in [0.25, 0.3) is 0 Å². The van der Waals surface area contributed by atoms with Crippen molar-refractivity contribution in [1.29, 1.82) is 0 Å².